The normalized spacial score (nSPS) is 10.6. The van der Waals surface area contributed by atoms with E-state index in [0.29, 0.717) is 11.5 Å². The number of benzene rings is 2. The van der Waals surface area contributed by atoms with E-state index in [1.54, 1.807) is 0 Å². The van der Waals surface area contributed by atoms with Crippen molar-refractivity contribution in [1.29, 1.82) is 0 Å². The molecule has 1 heterocycles. The predicted octanol–water partition coefficient (Wildman–Crippen LogP) is 4.15. The average Bonchev–Trinajstić information content (AvgIpc) is 3.01. The highest BCUT2D eigenvalue weighted by Crippen LogP contribution is 2.25. The molecule has 0 aliphatic rings. The van der Waals surface area contributed by atoms with Gasteiger partial charge in [0.1, 0.15) is 5.82 Å². The third kappa shape index (κ3) is 4.03. The number of aromatic amines is 1. The number of nitrogens with one attached hydrogen (secondary N) is 3. The molecular weight excluding hydrogens is 332 g/mol. The number of rotatable bonds is 4. The molecule has 0 saturated carbocycles. The molecule has 0 radical (unpaired) electrons. The van der Waals surface area contributed by atoms with E-state index in [-0.39, 0.29) is 5.91 Å². The second-order valence-electron chi connectivity index (χ2n) is 5.88. The van der Waals surface area contributed by atoms with Crippen molar-refractivity contribution < 1.29 is 4.79 Å². The molecular formula is C19H20N4OS. The van der Waals surface area contributed by atoms with Crippen LogP contribution in [0.4, 0.5) is 5.69 Å². The van der Waals surface area contributed by atoms with Crippen LogP contribution in [-0.2, 0) is 4.79 Å². The molecule has 1 aromatic heterocycles. The van der Waals surface area contributed by atoms with Crippen LogP contribution in [0.5, 0.6) is 0 Å². The second-order valence-corrected chi connectivity index (χ2v) is 6.29. The fourth-order valence-corrected chi connectivity index (χ4v) is 2.79. The number of carbonyl (C=O) groups is 1. The molecule has 3 aromatic rings. The van der Waals surface area contributed by atoms with Crippen molar-refractivity contribution in [3.8, 4) is 11.4 Å². The molecule has 5 nitrogen and oxygen atoms in total. The number of fused-ring (bicyclic) bond motifs is 1. The number of aromatic nitrogens is 2. The van der Waals surface area contributed by atoms with E-state index in [1.807, 2.05) is 56.3 Å². The van der Waals surface area contributed by atoms with E-state index < -0.39 is 0 Å². The number of thiocarbonyl (C=S) groups is 1. The molecule has 0 atom stereocenters. The Morgan fingerprint density at radius 2 is 2.04 bits per heavy atom. The van der Waals surface area contributed by atoms with Crippen molar-refractivity contribution in [3.05, 3.63) is 48.0 Å². The Labute approximate surface area is 151 Å². The first-order chi connectivity index (χ1) is 12.1. The number of hydrogen-bond donors (Lipinski definition) is 3. The first-order valence-corrected chi connectivity index (χ1v) is 8.64. The largest absolute Gasteiger partial charge is 0.338 e. The lowest BCUT2D eigenvalue weighted by molar-refractivity contribution is -0.119. The van der Waals surface area contributed by atoms with Crippen molar-refractivity contribution in [2.24, 2.45) is 0 Å². The van der Waals surface area contributed by atoms with Crippen molar-refractivity contribution in [2.75, 3.05) is 5.32 Å². The molecule has 3 rings (SSSR count). The van der Waals surface area contributed by atoms with Crippen LogP contribution in [0.2, 0.25) is 0 Å². The number of anilines is 1. The van der Waals surface area contributed by atoms with Gasteiger partial charge in [-0.05, 0) is 49.3 Å². The maximum atomic E-state index is 11.7. The Balaban J connectivity index is 1.83. The summed E-state index contributed by atoms with van der Waals surface area (Å²) in [6.07, 6.45) is 1.24. The Bertz CT molecular complexity index is 899. The SMILES string of the molecule is CCCC(=O)NC(=S)Nc1cc(-c2nc3ccccc3[nH]2)ccc1C. The summed E-state index contributed by atoms with van der Waals surface area (Å²) in [6.45, 7) is 3.94. The molecule has 0 aliphatic heterocycles. The zero-order valence-electron chi connectivity index (χ0n) is 14.2. The Morgan fingerprint density at radius 1 is 1.24 bits per heavy atom. The van der Waals surface area contributed by atoms with Gasteiger partial charge in [-0.1, -0.05) is 31.2 Å². The van der Waals surface area contributed by atoms with Crippen LogP contribution in [-0.4, -0.2) is 21.0 Å². The molecule has 6 heteroatoms. The quantitative estimate of drug-likeness (QED) is 0.617. The van der Waals surface area contributed by atoms with Gasteiger partial charge in [-0.3, -0.25) is 4.79 Å². The molecule has 0 bridgehead atoms. The maximum Gasteiger partial charge on any atom is 0.226 e. The van der Waals surface area contributed by atoms with Crippen LogP contribution >= 0.6 is 12.2 Å². The van der Waals surface area contributed by atoms with Crippen molar-refractivity contribution in [2.45, 2.75) is 26.7 Å². The highest BCUT2D eigenvalue weighted by molar-refractivity contribution is 7.80. The third-order valence-corrected chi connectivity index (χ3v) is 4.08. The molecule has 2 aromatic carbocycles. The monoisotopic (exact) mass is 352 g/mol. The number of nitrogens with zero attached hydrogens (tertiary/aromatic N) is 1. The van der Waals surface area contributed by atoms with E-state index in [0.717, 1.165) is 40.1 Å². The van der Waals surface area contributed by atoms with Crippen molar-refractivity contribution >= 4 is 40.0 Å². The Hall–Kier alpha value is -2.73. The topological polar surface area (TPSA) is 69.8 Å². The van der Waals surface area contributed by atoms with Crippen LogP contribution in [0.25, 0.3) is 22.4 Å². The van der Waals surface area contributed by atoms with Crippen molar-refractivity contribution in [1.82, 2.24) is 15.3 Å². The first-order valence-electron chi connectivity index (χ1n) is 8.23. The highest BCUT2D eigenvalue weighted by Gasteiger charge is 2.09. The van der Waals surface area contributed by atoms with Gasteiger partial charge < -0.3 is 15.6 Å². The van der Waals surface area contributed by atoms with Crippen LogP contribution in [0.15, 0.2) is 42.5 Å². The molecule has 25 heavy (non-hydrogen) atoms. The minimum Gasteiger partial charge on any atom is -0.338 e. The fourth-order valence-electron chi connectivity index (χ4n) is 2.56. The average molecular weight is 352 g/mol. The van der Waals surface area contributed by atoms with Gasteiger partial charge in [0.15, 0.2) is 5.11 Å². The second kappa shape index (κ2) is 7.44. The highest BCUT2D eigenvalue weighted by atomic mass is 32.1. The van der Waals surface area contributed by atoms with Crippen LogP contribution < -0.4 is 10.6 Å². The van der Waals surface area contributed by atoms with Gasteiger partial charge in [-0.15, -0.1) is 0 Å². The standard InChI is InChI=1S/C19H20N4OS/c1-3-6-17(24)23-19(25)22-16-11-13(10-9-12(16)2)18-20-14-7-4-5-8-15(14)21-18/h4-5,7-11H,3,6H2,1-2H3,(H,20,21)(H2,22,23,24,25). The number of H-pyrrole nitrogens is 1. The number of aryl methyl sites for hydroxylation is 1. The van der Waals surface area contributed by atoms with E-state index >= 15 is 0 Å². The lowest BCUT2D eigenvalue weighted by Crippen LogP contribution is -2.34. The van der Waals surface area contributed by atoms with Crippen molar-refractivity contribution in [3.63, 3.8) is 0 Å². The third-order valence-electron chi connectivity index (χ3n) is 3.88. The summed E-state index contributed by atoms with van der Waals surface area (Å²) in [5.41, 5.74) is 4.75. The summed E-state index contributed by atoms with van der Waals surface area (Å²) in [6, 6.07) is 13.9. The van der Waals surface area contributed by atoms with Gasteiger partial charge in [-0.25, -0.2) is 4.98 Å². The van der Waals surface area contributed by atoms with E-state index in [1.165, 1.54) is 0 Å². The number of amides is 1. The maximum absolute atomic E-state index is 11.7. The molecule has 0 fully saturated rings. The molecule has 0 spiro atoms. The minimum atomic E-state index is -0.0777. The molecule has 128 valence electrons. The summed E-state index contributed by atoms with van der Waals surface area (Å²) in [5, 5.41) is 6.11. The van der Waals surface area contributed by atoms with Crippen LogP contribution in [0.3, 0.4) is 0 Å². The van der Waals surface area contributed by atoms with Crippen LogP contribution in [0.1, 0.15) is 25.3 Å². The number of imidazole rings is 1. The predicted molar refractivity (Wildman–Crippen MR) is 106 cm³/mol. The molecule has 3 N–H and O–H groups in total. The van der Waals surface area contributed by atoms with E-state index in [4.69, 9.17) is 12.2 Å². The van der Waals surface area contributed by atoms with Gasteiger partial charge in [0, 0.05) is 17.7 Å². The summed E-state index contributed by atoms with van der Waals surface area (Å²) in [7, 11) is 0. The van der Waals surface area contributed by atoms with E-state index in [9.17, 15) is 4.79 Å². The fraction of sp³-hybridized carbons (Fsp3) is 0.211. The van der Waals surface area contributed by atoms with Gasteiger partial charge in [0.25, 0.3) is 0 Å². The summed E-state index contributed by atoms with van der Waals surface area (Å²) in [5.74, 6) is 0.719. The summed E-state index contributed by atoms with van der Waals surface area (Å²) < 4.78 is 0. The number of carbonyl (C=O) groups excluding carboxylic acids is 1. The number of para-hydroxylation sites is 2. The van der Waals surface area contributed by atoms with Gasteiger partial charge >= 0.3 is 0 Å². The first kappa shape index (κ1) is 17.1. The minimum absolute atomic E-state index is 0.0777. The van der Waals surface area contributed by atoms with Gasteiger partial charge in [0.05, 0.1) is 11.0 Å². The van der Waals surface area contributed by atoms with Crippen LogP contribution in [0, 0.1) is 6.92 Å². The van der Waals surface area contributed by atoms with Gasteiger partial charge in [0.2, 0.25) is 5.91 Å². The lowest BCUT2D eigenvalue weighted by atomic mass is 10.1. The molecule has 0 unspecified atom stereocenters. The molecule has 0 aliphatic carbocycles. The van der Waals surface area contributed by atoms with E-state index in [2.05, 4.69) is 20.6 Å². The summed E-state index contributed by atoms with van der Waals surface area (Å²) in [4.78, 5) is 19.6. The van der Waals surface area contributed by atoms with Gasteiger partial charge in [-0.2, -0.15) is 0 Å². The Kier molecular flexibility index (Phi) is 5.09. The summed E-state index contributed by atoms with van der Waals surface area (Å²) >= 11 is 5.23. The lowest BCUT2D eigenvalue weighted by Gasteiger charge is -2.12. The molecule has 0 saturated heterocycles. The smallest absolute Gasteiger partial charge is 0.226 e. The zero-order chi connectivity index (χ0) is 17.8. The Morgan fingerprint density at radius 3 is 2.80 bits per heavy atom. The number of hydrogen-bond acceptors (Lipinski definition) is 3. The zero-order valence-corrected chi connectivity index (χ0v) is 15.0. The molecule has 1 amide bonds.